The van der Waals surface area contributed by atoms with Crippen LogP contribution in [0.5, 0.6) is 0 Å². The maximum absolute atomic E-state index is 10.4. The first-order valence-corrected chi connectivity index (χ1v) is 5.96. The molecule has 16 heavy (non-hydrogen) atoms. The molecule has 0 bridgehead atoms. The van der Waals surface area contributed by atoms with Gasteiger partial charge in [0.2, 0.25) is 5.70 Å². The normalized spacial score (nSPS) is 11.9. The maximum Gasteiger partial charge on any atom is 0.243 e. The van der Waals surface area contributed by atoms with Gasteiger partial charge in [0, 0.05) is 23.1 Å². The third-order valence-corrected chi connectivity index (χ3v) is 2.93. The van der Waals surface area contributed by atoms with Crippen molar-refractivity contribution in [3.63, 3.8) is 0 Å². The molecule has 3 nitrogen and oxygen atoms in total. The Hall–Kier alpha value is -1.29. The van der Waals surface area contributed by atoms with Crippen LogP contribution in [0.1, 0.15) is 26.3 Å². The molecule has 1 aromatic carbocycles. The molecule has 0 fully saturated rings. The predicted octanol–water partition coefficient (Wildman–Crippen LogP) is 3.82. The zero-order chi connectivity index (χ0) is 12.1. The van der Waals surface area contributed by atoms with Crippen LogP contribution >= 0.6 is 11.8 Å². The first-order chi connectivity index (χ1) is 7.49. The van der Waals surface area contributed by atoms with Crippen LogP contribution < -0.4 is 0 Å². The van der Waals surface area contributed by atoms with Crippen molar-refractivity contribution >= 4 is 17.8 Å². The molecule has 1 rings (SSSR count). The van der Waals surface area contributed by atoms with Crippen molar-refractivity contribution in [1.29, 1.82) is 0 Å². The van der Waals surface area contributed by atoms with Crippen LogP contribution in [0.4, 0.5) is 0 Å². The van der Waals surface area contributed by atoms with Crippen LogP contribution in [0.15, 0.2) is 34.9 Å². The van der Waals surface area contributed by atoms with Gasteiger partial charge in [-0.15, -0.1) is 11.8 Å². The molecule has 86 valence electrons. The molecule has 0 unspecified atom stereocenters. The summed E-state index contributed by atoms with van der Waals surface area (Å²) < 4.78 is 0. The highest BCUT2D eigenvalue weighted by Crippen LogP contribution is 2.23. The second-order valence-electron chi connectivity index (χ2n) is 3.78. The summed E-state index contributed by atoms with van der Waals surface area (Å²) in [5, 5.41) is 11.0. The summed E-state index contributed by atoms with van der Waals surface area (Å²) in [6, 6.07) is 7.78. The number of benzene rings is 1. The van der Waals surface area contributed by atoms with Crippen molar-refractivity contribution in [3.05, 3.63) is 45.6 Å². The average Bonchev–Trinajstić information content (AvgIpc) is 2.20. The van der Waals surface area contributed by atoms with E-state index < -0.39 is 0 Å². The Morgan fingerprint density at radius 3 is 2.38 bits per heavy atom. The molecule has 4 heteroatoms. The van der Waals surface area contributed by atoms with Gasteiger partial charge in [0.05, 0.1) is 4.92 Å². The summed E-state index contributed by atoms with van der Waals surface area (Å²) in [7, 11) is 0. The minimum atomic E-state index is -0.378. The molecule has 0 saturated carbocycles. The van der Waals surface area contributed by atoms with Crippen LogP contribution in [0, 0.1) is 10.1 Å². The van der Waals surface area contributed by atoms with Crippen molar-refractivity contribution in [2.75, 3.05) is 0 Å². The number of nitrogens with zero attached hydrogens (tertiary/aromatic N) is 1. The summed E-state index contributed by atoms with van der Waals surface area (Å²) in [4.78, 5) is 11.3. The van der Waals surface area contributed by atoms with Crippen LogP contribution in [-0.4, -0.2) is 10.2 Å². The van der Waals surface area contributed by atoms with E-state index in [0.717, 1.165) is 5.56 Å². The highest BCUT2D eigenvalue weighted by atomic mass is 32.2. The Morgan fingerprint density at radius 1 is 1.38 bits per heavy atom. The molecule has 0 spiro atoms. The lowest BCUT2D eigenvalue weighted by atomic mass is 10.2. The summed E-state index contributed by atoms with van der Waals surface area (Å²) in [5.74, 6) is 0. The van der Waals surface area contributed by atoms with Gasteiger partial charge in [-0.25, -0.2) is 0 Å². The fraction of sp³-hybridized carbons (Fsp3) is 0.333. The van der Waals surface area contributed by atoms with E-state index in [1.165, 1.54) is 11.8 Å². The zero-order valence-corrected chi connectivity index (χ0v) is 10.5. The summed E-state index contributed by atoms with van der Waals surface area (Å²) in [6.45, 7) is 5.77. The SMILES string of the molecule is CC(=Cc1ccc(SC(C)C)cc1)[N+](=O)[O-]. The third kappa shape index (κ3) is 4.06. The van der Waals surface area contributed by atoms with Crippen molar-refractivity contribution < 1.29 is 4.92 Å². The van der Waals surface area contributed by atoms with E-state index in [1.807, 2.05) is 24.3 Å². The minimum Gasteiger partial charge on any atom is -0.259 e. The molecule has 0 atom stereocenters. The fourth-order valence-electron chi connectivity index (χ4n) is 1.21. The van der Waals surface area contributed by atoms with Gasteiger partial charge in [-0.05, 0) is 17.7 Å². The fourth-order valence-corrected chi connectivity index (χ4v) is 2.05. The zero-order valence-electron chi connectivity index (χ0n) is 9.64. The highest BCUT2D eigenvalue weighted by molar-refractivity contribution is 7.99. The van der Waals surface area contributed by atoms with E-state index >= 15 is 0 Å². The van der Waals surface area contributed by atoms with Crippen LogP contribution in [-0.2, 0) is 0 Å². The van der Waals surface area contributed by atoms with E-state index in [1.54, 1.807) is 17.8 Å². The molecule has 0 amide bonds. The number of allylic oxidation sites excluding steroid dienone is 1. The monoisotopic (exact) mass is 237 g/mol. The second-order valence-corrected chi connectivity index (χ2v) is 5.43. The van der Waals surface area contributed by atoms with Crippen molar-refractivity contribution in [1.82, 2.24) is 0 Å². The first-order valence-electron chi connectivity index (χ1n) is 5.08. The Labute approximate surface area is 99.7 Å². The number of nitro groups is 1. The second kappa shape index (κ2) is 5.70. The molecule has 0 aliphatic carbocycles. The lowest BCUT2D eigenvalue weighted by Crippen LogP contribution is -1.92. The molecule has 0 heterocycles. The van der Waals surface area contributed by atoms with Crippen molar-refractivity contribution in [2.24, 2.45) is 0 Å². The lowest BCUT2D eigenvalue weighted by Gasteiger charge is -2.04. The van der Waals surface area contributed by atoms with Crippen LogP contribution in [0.25, 0.3) is 6.08 Å². The summed E-state index contributed by atoms with van der Waals surface area (Å²) in [6.07, 6.45) is 1.57. The topological polar surface area (TPSA) is 43.1 Å². The molecule has 0 N–H and O–H groups in total. The summed E-state index contributed by atoms with van der Waals surface area (Å²) in [5.41, 5.74) is 1.02. The van der Waals surface area contributed by atoms with Crippen LogP contribution in [0.2, 0.25) is 0 Å². The number of rotatable bonds is 4. The van der Waals surface area contributed by atoms with Gasteiger partial charge in [-0.2, -0.15) is 0 Å². The van der Waals surface area contributed by atoms with Gasteiger partial charge >= 0.3 is 0 Å². The van der Waals surface area contributed by atoms with Gasteiger partial charge in [-0.3, -0.25) is 10.1 Å². The number of hydrogen-bond donors (Lipinski definition) is 0. The Balaban J connectivity index is 2.79. The Bertz CT molecular complexity index is 396. The third-order valence-electron chi connectivity index (χ3n) is 1.92. The van der Waals surface area contributed by atoms with E-state index in [4.69, 9.17) is 0 Å². The first kappa shape index (κ1) is 12.8. The lowest BCUT2D eigenvalue weighted by molar-refractivity contribution is -0.422. The van der Waals surface area contributed by atoms with E-state index in [0.29, 0.717) is 5.25 Å². The molecule has 0 aromatic heterocycles. The molecular weight excluding hydrogens is 222 g/mol. The molecule has 0 radical (unpaired) electrons. The minimum absolute atomic E-state index is 0.157. The van der Waals surface area contributed by atoms with Crippen molar-refractivity contribution in [3.8, 4) is 0 Å². The highest BCUT2D eigenvalue weighted by Gasteiger charge is 2.02. The molecular formula is C12H15NO2S. The van der Waals surface area contributed by atoms with Gasteiger partial charge in [0.25, 0.3) is 0 Å². The van der Waals surface area contributed by atoms with Gasteiger partial charge in [0.1, 0.15) is 0 Å². The number of thioether (sulfide) groups is 1. The van der Waals surface area contributed by atoms with E-state index in [2.05, 4.69) is 13.8 Å². The molecule has 0 saturated heterocycles. The molecule has 0 aliphatic heterocycles. The average molecular weight is 237 g/mol. The quantitative estimate of drug-likeness (QED) is 0.454. The molecule has 0 aliphatic rings. The van der Waals surface area contributed by atoms with Crippen molar-refractivity contribution in [2.45, 2.75) is 30.9 Å². The molecule has 1 aromatic rings. The number of hydrogen-bond acceptors (Lipinski definition) is 3. The van der Waals surface area contributed by atoms with Gasteiger partial charge < -0.3 is 0 Å². The standard InChI is InChI=1S/C12H15NO2S/c1-9(2)16-12-6-4-11(5-7-12)8-10(3)13(14)15/h4-9H,1-3H3. The largest absolute Gasteiger partial charge is 0.259 e. The van der Waals surface area contributed by atoms with Crippen LogP contribution in [0.3, 0.4) is 0 Å². The predicted molar refractivity (Wildman–Crippen MR) is 68.1 cm³/mol. The van der Waals surface area contributed by atoms with E-state index in [-0.39, 0.29) is 10.6 Å². The Kier molecular flexibility index (Phi) is 4.55. The Morgan fingerprint density at radius 2 is 1.94 bits per heavy atom. The van der Waals surface area contributed by atoms with E-state index in [9.17, 15) is 10.1 Å². The smallest absolute Gasteiger partial charge is 0.243 e. The maximum atomic E-state index is 10.4. The van der Waals surface area contributed by atoms with Gasteiger partial charge in [0.15, 0.2) is 0 Å². The summed E-state index contributed by atoms with van der Waals surface area (Å²) >= 11 is 1.78. The van der Waals surface area contributed by atoms with Gasteiger partial charge in [-0.1, -0.05) is 26.0 Å².